The minimum absolute atomic E-state index is 0.00316. The van der Waals surface area contributed by atoms with Crippen LogP contribution in [0.3, 0.4) is 0 Å². The smallest absolute Gasteiger partial charge is 0.224 e. The summed E-state index contributed by atoms with van der Waals surface area (Å²) in [6.45, 7) is 0.0460. The number of aliphatic hydroxyl groups is 2. The van der Waals surface area contributed by atoms with Gasteiger partial charge in [0.25, 0.3) is 0 Å². The SMILES string of the molecule is CN1C(=O)CCC1(O)C1(CCO)SCCCS1. The molecule has 1 amide bonds. The van der Waals surface area contributed by atoms with Crippen molar-refractivity contribution in [3.8, 4) is 0 Å². The van der Waals surface area contributed by atoms with Gasteiger partial charge >= 0.3 is 0 Å². The first kappa shape index (κ1) is 13.5. The van der Waals surface area contributed by atoms with Crippen LogP contribution in [0.25, 0.3) is 0 Å². The molecule has 1 unspecified atom stereocenters. The van der Waals surface area contributed by atoms with E-state index in [-0.39, 0.29) is 12.5 Å². The second-order valence-electron chi connectivity index (χ2n) is 4.55. The Morgan fingerprint density at radius 1 is 1.41 bits per heavy atom. The maximum absolute atomic E-state index is 11.7. The molecule has 2 fully saturated rings. The monoisotopic (exact) mass is 277 g/mol. The van der Waals surface area contributed by atoms with E-state index in [9.17, 15) is 15.0 Å². The maximum atomic E-state index is 11.7. The third kappa shape index (κ3) is 2.09. The van der Waals surface area contributed by atoms with Crippen LogP contribution in [0.5, 0.6) is 0 Å². The molecular formula is C11H19NO3S2. The number of hydrogen-bond acceptors (Lipinski definition) is 5. The molecule has 0 aromatic carbocycles. The number of carbonyl (C=O) groups excluding carboxylic acids is 1. The predicted molar refractivity (Wildman–Crippen MR) is 70.9 cm³/mol. The molecule has 0 saturated carbocycles. The highest BCUT2D eigenvalue weighted by Gasteiger charge is 2.58. The number of likely N-dealkylation sites (tertiary alicyclic amines) is 1. The molecule has 6 heteroatoms. The highest BCUT2D eigenvalue weighted by atomic mass is 32.2. The fourth-order valence-corrected chi connectivity index (χ4v) is 6.23. The molecule has 2 heterocycles. The molecule has 98 valence electrons. The van der Waals surface area contributed by atoms with Crippen molar-refractivity contribution in [2.45, 2.75) is 35.5 Å². The van der Waals surface area contributed by atoms with Gasteiger partial charge < -0.3 is 15.1 Å². The molecule has 2 N–H and O–H groups in total. The number of thioether (sulfide) groups is 2. The second-order valence-corrected chi connectivity index (χ2v) is 7.59. The molecule has 1 atom stereocenters. The quantitative estimate of drug-likeness (QED) is 0.802. The molecule has 0 aromatic heterocycles. The van der Waals surface area contributed by atoms with Crippen LogP contribution in [0.1, 0.15) is 25.7 Å². The lowest BCUT2D eigenvalue weighted by Gasteiger charge is -2.49. The van der Waals surface area contributed by atoms with Crippen molar-refractivity contribution in [1.82, 2.24) is 4.90 Å². The van der Waals surface area contributed by atoms with E-state index in [1.807, 2.05) is 0 Å². The summed E-state index contributed by atoms with van der Waals surface area (Å²) in [6.07, 6.45) is 2.52. The Labute approximate surface area is 110 Å². The molecule has 0 aromatic rings. The first-order valence-corrected chi connectivity index (χ1v) is 7.91. The standard InChI is InChI=1S/C11H19NO3S2/c1-12-9(14)3-4-10(12,15)11(5-6-13)16-7-2-8-17-11/h13,15H,2-8H2,1H3. The predicted octanol–water partition coefficient (Wildman–Crippen LogP) is 0.876. The van der Waals surface area contributed by atoms with Crippen molar-refractivity contribution < 1.29 is 15.0 Å². The van der Waals surface area contributed by atoms with Crippen LogP contribution in [0.15, 0.2) is 0 Å². The minimum Gasteiger partial charge on any atom is -0.396 e. The largest absolute Gasteiger partial charge is 0.396 e. The fourth-order valence-electron chi connectivity index (χ4n) is 2.57. The van der Waals surface area contributed by atoms with Crippen LogP contribution < -0.4 is 0 Å². The number of amides is 1. The van der Waals surface area contributed by atoms with E-state index in [2.05, 4.69) is 0 Å². The zero-order valence-electron chi connectivity index (χ0n) is 10.0. The first-order chi connectivity index (χ1) is 8.06. The Balaban J connectivity index is 2.28. The van der Waals surface area contributed by atoms with Gasteiger partial charge in [0.15, 0.2) is 5.72 Å². The number of hydrogen-bond donors (Lipinski definition) is 2. The van der Waals surface area contributed by atoms with E-state index >= 15 is 0 Å². The van der Waals surface area contributed by atoms with Gasteiger partial charge in [-0.25, -0.2) is 0 Å². The average molecular weight is 277 g/mol. The Morgan fingerprint density at radius 2 is 2.06 bits per heavy atom. The normalized spacial score (nSPS) is 33.1. The molecule has 0 aliphatic carbocycles. The summed E-state index contributed by atoms with van der Waals surface area (Å²) >= 11 is 3.39. The third-order valence-electron chi connectivity index (χ3n) is 3.63. The molecule has 0 radical (unpaired) electrons. The fraction of sp³-hybridized carbons (Fsp3) is 0.909. The Morgan fingerprint density at radius 3 is 2.53 bits per heavy atom. The van der Waals surface area contributed by atoms with Gasteiger partial charge in [0.2, 0.25) is 5.91 Å². The van der Waals surface area contributed by atoms with Gasteiger partial charge in [0, 0.05) is 26.5 Å². The third-order valence-corrected chi connectivity index (χ3v) is 7.31. The molecule has 4 nitrogen and oxygen atoms in total. The van der Waals surface area contributed by atoms with Crippen LogP contribution in [0.2, 0.25) is 0 Å². The van der Waals surface area contributed by atoms with E-state index in [0.717, 1.165) is 17.9 Å². The van der Waals surface area contributed by atoms with Crippen molar-refractivity contribution in [2.24, 2.45) is 0 Å². The van der Waals surface area contributed by atoms with Crippen molar-refractivity contribution in [3.05, 3.63) is 0 Å². The Bertz CT molecular complexity index is 302. The summed E-state index contributed by atoms with van der Waals surface area (Å²) in [4.78, 5) is 13.1. The molecule has 2 saturated heterocycles. The van der Waals surface area contributed by atoms with Gasteiger partial charge in [-0.1, -0.05) is 0 Å². The van der Waals surface area contributed by atoms with Gasteiger partial charge in [0.05, 0.1) is 0 Å². The molecule has 17 heavy (non-hydrogen) atoms. The molecule has 2 aliphatic heterocycles. The minimum atomic E-state index is -1.11. The van der Waals surface area contributed by atoms with Crippen LogP contribution in [0.4, 0.5) is 0 Å². The maximum Gasteiger partial charge on any atom is 0.224 e. The lowest BCUT2D eigenvalue weighted by Crippen LogP contribution is -2.59. The van der Waals surface area contributed by atoms with Crippen LogP contribution in [-0.4, -0.2) is 56.0 Å². The van der Waals surface area contributed by atoms with Crippen LogP contribution in [0, 0.1) is 0 Å². The highest BCUT2D eigenvalue weighted by molar-refractivity contribution is 8.18. The van der Waals surface area contributed by atoms with Crippen molar-refractivity contribution in [3.63, 3.8) is 0 Å². The van der Waals surface area contributed by atoms with Crippen LogP contribution >= 0.6 is 23.5 Å². The van der Waals surface area contributed by atoms with Crippen molar-refractivity contribution >= 4 is 29.4 Å². The summed E-state index contributed by atoms with van der Waals surface area (Å²) in [5, 5.41) is 20.2. The number of rotatable bonds is 3. The van der Waals surface area contributed by atoms with E-state index in [0.29, 0.717) is 19.3 Å². The number of carbonyl (C=O) groups is 1. The van der Waals surface area contributed by atoms with Gasteiger partial charge in [0.1, 0.15) is 4.08 Å². The summed E-state index contributed by atoms with van der Waals surface area (Å²) in [5.74, 6) is 1.96. The second kappa shape index (κ2) is 4.99. The zero-order valence-corrected chi connectivity index (χ0v) is 11.6. The lowest BCUT2D eigenvalue weighted by molar-refractivity contribution is -0.143. The summed E-state index contributed by atoms with van der Waals surface area (Å²) in [6, 6.07) is 0. The zero-order chi connectivity index (χ0) is 12.5. The molecule has 2 aliphatic rings. The number of nitrogens with zero attached hydrogens (tertiary/aromatic N) is 1. The van der Waals surface area contributed by atoms with Crippen LogP contribution in [-0.2, 0) is 4.79 Å². The highest BCUT2D eigenvalue weighted by Crippen LogP contribution is 2.55. The Hall–Kier alpha value is 0.0900. The van der Waals surface area contributed by atoms with E-state index in [1.165, 1.54) is 4.90 Å². The lowest BCUT2D eigenvalue weighted by atomic mass is 10.0. The van der Waals surface area contributed by atoms with Gasteiger partial charge in [-0.3, -0.25) is 4.79 Å². The van der Waals surface area contributed by atoms with Crippen molar-refractivity contribution in [2.75, 3.05) is 25.2 Å². The average Bonchev–Trinajstić information content (AvgIpc) is 2.60. The molecule has 0 spiro atoms. The van der Waals surface area contributed by atoms with E-state index in [4.69, 9.17) is 0 Å². The first-order valence-electron chi connectivity index (χ1n) is 5.93. The summed E-state index contributed by atoms with van der Waals surface area (Å²) < 4.78 is -0.457. The summed E-state index contributed by atoms with van der Waals surface area (Å²) in [7, 11) is 1.67. The molecule has 2 rings (SSSR count). The van der Waals surface area contributed by atoms with E-state index < -0.39 is 9.80 Å². The van der Waals surface area contributed by atoms with E-state index in [1.54, 1.807) is 30.6 Å². The Kier molecular flexibility index (Phi) is 3.97. The molecular weight excluding hydrogens is 258 g/mol. The number of aliphatic hydroxyl groups excluding tert-OH is 1. The van der Waals surface area contributed by atoms with Gasteiger partial charge in [-0.15, -0.1) is 23.5 Å². The van der Waals surface area contributed by atoms with Gasteiger partial charge in [-0.05, 0) is 24.3 Å². The van der Waals surface area contributed by atoms with Gasteiger partial charge in [-0.2, -0.15) is 0 Å². The summed E-state index contributed by atoms with van der Waals surface area (Å²) in [5.41, 5.74) is -1.11. The van der Waals surface area contributed by atoms with Crippen molar-refractivity contribution in [1.29, 1.82) is 0 Å². The topological polar surface area (TPSA) is 60.8 Å². The molecule has 0 bridgehead atoms.